The molecular formula is C14H27N. The quantitative estimate of drug-likeness (QED) is 0.572. The Morgan fingerprint density at radius 3 is 2.33 bits per heavy atom. The first-order valence-electron chi connectivity index (χ1n) is 6.47. The van der Waals surface area contributed by atoms with Crippen LogP contribution in [0.1, 0.15) is 53.4 Å². The predicted octanol–water partition coefficient (Wildman–Crippen LogP) is 4.37. The molecule has 0 aromatic carbocycles. The van der Waals surface area contributed by atoms with Gasteiger partial charge in [0.25, 0.3) is 0 Å². The molecule has 0 saturated heterocycles. The predicted molar refractivity (Wildman–Crippen MR) is 70.0 cm³/mol. The van der Waals surface area contributed by atoms with Gasteiger partial charge in [-0.1, -0.05) is 33.8 Å². The maximum atomic E-state index is 2.38. The fourth-order valence-electron chi connectivity index (χ4n) is 2.00. The van der Waals surface area contributed by atoms with Crippen molar-refractivity contribution in [2.75, 3.05) is 13.6 Å². The van der Waals surface area contributed by atoms with Crippen LogP contribution in [0.3, 0.4) is 0 Å². The van der Waals surface area contributed by atoms with Crippen molar-refractivity contribution in [3.63, 3.8) is 0 Å². The van der Waals surface area contributed by atoms with Crippen molar-refractivity contribution in [3.8, 4) is 0 Å². The van der Waals surface area contributed by atoms with Crippen molar-refractivity contribution in [1.82, 2.24) is 4.90 Å². The summed E-state index contributed by atoms with van der Waals surface area (Å²) in [5, 5.41) is 0. The lowest BCUT2D eigenvalue weighted by Gasteiger charge is -2.30. The molecule has 1 aliphatic carbocycles. The second-order valence-electron chi connectivity index (χ2n) is 3.45. The molecule has 2 rings (SSSR count). The average Bonchev–Trinajstić information content (AvgIpc) is 2.35. The molecule has 0 amide bonds. The van der Waals surface area contributed by atoms with Crippen molar-refractivity contribution >= 4 is 0 Å². The largest absolute Gasteiger partial charge is 0.375 e. The molecule has 0 aromatic rings. The molecule has 88 valence electrons. The summed E-state index contributed by atoms with van der Waals surface area (Å²) in [6.45, 7) is 9.24. The highest BCUT2D eigenvalue weighted by atomic mass is 15.1. The molecule has 1 heterocycles. The zero-order valence-corrected chi connectivity index (χ0v) is 11.1. The van der Waals surface area contributed by atoms with E-state index in [0.29, 0.717) is 0 Å². The molecule has 2 aliphatic rings. The van der Waals surface area contributed by atoms with E-state index in [-0.39, 0.29) is 0 Å². The van der Waals surface area contributed by atoms with Crippen LogP contribution in [0.4, 0.5) is 0 Å². The Labute approximate surface area is 95.9 Å². The van der Waals surface area contributed by atoms with E-state index in [4.69, 9.17) is 0 Å². The summed E-state index contributed by atoms with van der Waals surface area (Å²) in [7, 11) is 2.20. The Morgan fingerprint density at radius 1 is 1.07 bits per heavy atom. The zero-order chi connectivity index (χ0) is 11.7. The van der Waals surface area contributed by atoms with Gasteiger partial charge in [0.2, 0.25) is 0 Å². The van der Waals surface area contributed by atoms with E-state index in [9.17, 15) is 0 Å². The number of likely N-dealkylation sites (N-methyl/N-ethyl adjacent to an activating group) is 1. The van der Waals surface area contributed by atoms with Crippen LogP contribution >= 0.6 is 0 Å². The van der Waals surface area contributed by atoms with Crippen LogP contribution in [-0.2, 0) is 0 Å². The van der Waals surface area contributed by atoms with E-state index in [1.807, 2.05) is 27.7 Å². The molecule has 0 spiro atoms. The SMILES string of the molecule is CC.CC.CN1CCCC2=C1C=CCC2. The topological polar surface area (TPSA) is 3.24 Å². The minimum atomic E-state index is 1.24. The zero-order valence-electron chi connectivity index (χ0n) is 11.1. The Balaban J connectivity index is 0.000000442. The van der Waals surface area contributed by atoms with E-state index in [2.05, 4.69) is 24.1 Å². The van der Waals surface area contributed by atoms with Crippen molar-refractivity contribution in [1.29, 1.82) is 0 Å². The Kier molecular flexibility index (Phi) is 8.17. The van der Waals surface area contributed by atoms with Gasteiger partial charge in [-0.25, -0.2) is 0 Å². The van der Waals surface area contributed by atoms with Gasteiger partial charge in [0.05, 0.1) is 0 Å². The van der Waals surface area contributed by atoms with Crippen molar-refractivity contribution in [2.45, 2.75) is 53.4 Å². The lowest BCUT2D eigenvalue weighted by molar-refractivity contribution is 0.383. The first-order valence-corrected chi connectivity index (χ1v) is 6.47. The summed E-state index contributed by atoms with van der Waals surface area (Å²) in [4.78, 5) is 2.38. The lowest BCUT2D eigenvalue weighted by atomic mass is 9.94. The molecule has 0 fully saturated rings. The van der Waals surface area contributed by atoms with E-state index < -0.39 is 0 Å². The third kappa shape index (κ3) is 4.11. The van der Waals surface area contributed by atoms with Gasteiger partial charge in [-0.2, -0.15) is 0 Å². The monoisotopic (exact) mass is 209 g/mol. The molecule has 0 saturated carbocycles. The molecule has 0 N–H and O–H groups in total. The molecular weight excluding hydrogens is 182 g/mol. The average molecular weight is 209 g/mol. The van der Waals surface area contributed by atoms with Crippen LogP contribution in [0.25, 0.3) is 0 Å². The Hall–Kier alpha value is -0.720. The van der Waals surface area contributed by atoms with Crippen LogP contribution < -0.4 is 0 Å². The Morgan fingerprint density at radius 2 is 1.73 bits per heavy atom. The number of allylic oxidation sites excluding steroid dienone is 3. The highest BCUT2D eigenvalue weighted by Crippen LogP contribution is 2.28. The van der Waals surface area contributed by atoms with E-state index in [1.165, 1.54) is 37.9 Å². The molecule has 0 radical (unpaired) electrons. The van der Waals surface area contributed by atoms with Gasteiger partial charge < -0.3 is 4.90 Å². The van der Waals surface area contributed by atoms with Crippen molar-refractivity contribution in [3.05, 3.63) is 23.4 Å². The summed E-state index contributed by atoms with van der Waals surface area (Å²) in [6.07, 6.45) is 9.83. The second-order valence-corrected chi connectivity index (χ2v) is 3.45. The number of hydrogen-bond donors (Lipinski definition) is 0. The van der Waals surface area contributed by atoms with Crippen LogP contribution in [0.5, 0.6) is 0 Å². The van der Waals surface area contributed by atoms with E-state index in [0.717, 1.165) is 0 Å². The summed E-state index contributed by atoms with van der Waals surface area (Å²) < 4.78 is 0. The summed E-state index contributed by atoms with van der Waals surface area (Å²) in [5.41, 5.74) is 3.18. The third-order valence-corrected chi connectivity index (χ3v) is 2.63. The summed E-state index contributed by atoms with van der Waals surface area (Å²) in [6, 6.07) is 0. The van der Waals surface area contributed by atoms with Gasteiger partial charge in [-0.15, -0.1) is 0 Å². The first-order chi connectivity index (χ1) is 7.38. The highest BCUT2D eigenvalue weighted by molar-refractivity contribution is 5.29. The molecule has 15 heavy (non-hydrogen) atoms. The number of hydrogen-bond acceptors (Lipinski definition) is 1. The van der Waals surface area contributed by atoms with E-state index in [1.54, 1.807) is 5.57 Å². The minimum Gasteiger partial charge on any atom is -0.375 e. The molecule has 1 nitrogen and oxygen atoms in total. The molecule has 0 unspecified atom stereocenters. The van der Waals surface area contributed by atoms with Crippen LogP contribution in [0.15, 0.2) is 23.4 Å². The normalized spacial score (nSPS) is 18.3. The molecule has 0 atom stereocenters. The standard InChI is InChI=1S/C10H15N.2C2H6/c1-11-8-4-6-9-5-2-3-7-10(9)11;2*1-2/h3,7H,2,4-6,8H2,1H3;2*1-2H3. The van der Waals surface area contributed by atoms with Gasteiger partial charge in [0.1, 0.15) is 0 Å². The maximum absolute atomic E-state index is 2.38. The van der Waals surface area contributed by atoms with Gasteiger partial charge in [-0.05, 0) is 37.3 Å². The summed E-state index contributed by atoms with van der Waals surface area (Å²) in [5.74, 6) is 0. The second kappa shape index (κ2) is 8.58. The fourth-order valence-corrected chi connectivity index (χ4v) is 2.00. The molecule has 0 bridgehead atoms. The van der Waals surface area contributed by atoms with Crippen molar-refractivity contribution < 1.29 is 0 Å². The van der Waals surface area contributed by atoms with Gasteiger partial charge in [-0.3, -0.25) is 0 Å². The molecule has 1 aliphatic heterocycles. The van der Waals surface area contributed by atoms with Crippen molar-refractivity contribution in [2.24, 2.45) is 0 Å². The smallest absolute Gasteiger partial charge is 0.0352 e. The Bertz CT molecular complexity index is 213. The number of nitrogens with zero attached hydrogens (tertiary/aromatic N) is 1. The number of rotatable bonds is 0. The van der Waals surface area contributed by atoms with Gasteiger partial charge in [0, 0.05) is 19.3 Å². The van der Waals surface area contributed by atoms with Gasteiger partial charge in [0.15, 0.2) is 0 Å². The highest BCUT2D eigenvalue weighted by Gasteiger charge is 2.15. The third-order valence-electron chi connectivity index (χ3n) is 2.63. The van der Waals surface area contributed by atoms with Crippen LogP contribution in [0, 0.1) is 0 Å². The first kappa shape index (κ1) is 14.3. The van der Waals surface area contributed by atoms with Crippen LogP contribution in [0.2, 0.25) is 0 Å². The minimum absolute atomic E-state index is 1.24. The lowest BCUT2D eigenvalue weighted by Crippen LogP contribution is -2.24. The van der Waals surface area contributed by atoms with Crippen LogP contribution in [-0.4, -0.2) is 18.5 Å². The fraction of sp³-hybridized carbons (Fsp3) is 0.714. The maximum Gasteiger partial charge on any atom is 0.0352 e. The molecule has 0 aromatic heterocycles. The summed E-state index contributed by atoms with van der Waals surface area (Å²) >= 11 is 0. The van der Waals surface area contributed by atoms with E-state index >= 15 is 0 Å². The van der Waals surface area contributed by atoms with Gasteiger partial charge >= 0.3 is 0 Å². The molecule has 1 heteroatoms.